The van der Waals surface area contributed by atoms with Crippen LogP contribution in [0.5, 0.6) is 5.88 Å². The lowest BCUT2D eigenvalue weighted by Gasteiger charge is -2.34. The third-order valence-electron chi connectivity index (χ3n) is 5.94. The van der Waals surface area contributed by atoms with Gasteiger partial charge in [0.25, 0.3) is 0 Å². The molecule has 7 heteroatoms. The van der Waals surface area contributed by atoms with E-state index in [1.165, 1.54) is 0 Å². The van der Waals surface area contributed by atoms with Crippen LogP contribution in [0.15, 0.2) is 53.5 Å². The summed E-state index contributed by atoms with van der Waals surface area (Å²) in [4.78, 5) is 33.1. The van der Waals surface area contributed by atoms with Crippen molar-refractivity contribution in [2.45, 2.75) is 13.6 Å². The number of carbonyl (C=O) groups is 2. The highest BCUT2D eigenvalue weighted by atomic mass is 16.3. The Morgan fingerprint density at radius 3 is 2.47 bits per heavy atom. The van der Waals surface area contributed by atoms with E-state index >= 15 is 0 Å². The third kappa shape index (κ3) is 2.90. The summed E-state index contributed by atoms with van der Waals surface area (Å²) in [5.41, 5.74) is 2.81. The molecule has 1 fully saturated rings. The molecule has 2 aliphatic rings. The van der Waals surface area contributed by atoms with E-state index in [1.54, 1.807) is 13.0 Å². The summed E-state index contributed by atoms with van der Waals surface area (Å²) in [7, 11) is 0. The number of nitrogens with zero attached hydrogens (tertiary/aromatic N) is 4. The van der Waals surface area contributed by atoms with E-state index < -0.39 is 0 Å². The molecule has 0 bridgehead atoms. The van der Waals surface area contributed by atoms with E-state index in [2.05, 4.69) is 9.89 Å². The first-order valence-corrected chi connectivity index (χ1v) is 10.1. The van der Waals surface area contributed by atoms with Crippen molar-refractivity contribution < 1.29 is 14.7 Å². The van der Waals surface area contributed by atoms with Crippen LogP contribution in [-0.4, -0.2) is 63.1 Å². The minimum Gasteiger partial charge on any atom is -0.494 e. The Bertz CT molecular complexity index is 1200. The molecule has 0 radical (unpaired) electrons. The van der Waals surface area contributed by atoms with Crippen molar-refractivity contribution in [3.05, 3.63) is 59.7 Å². The average molecular weight is 402 g/mol. The molecule has 0 unspecified atom stereocenters. The molecule has 1 saturated heterocycles. The first kappa shape index (κ1) is 18.6. The number of carbonyl (C=O) groups excluding carboxylic acids is 2. The van der Waals surface area contributed by atoms with Gasteiger partial charge >= 0.3 is 0 Å². The molecule has 0 aliphatic carbocycles. The third-order valence-corrected chi connectivity index (χ3v) is 5.94. The van der Waals surface area contributed by atoms with Crippen LogP contribution >= 0.6 is 0 Å². The van der Waals surface area contributed by atoms with Crippen LogP contribution in [0.2, 0.25) is 0 Å². The normalized spacial score (nSPS) is 16.8. The molecule has 5 rings (SSSR count). The molecule has 2 aliphatic heterocycles. The molecule has 7 nitrogen and oxygen atoms in total. The van der Waals surface area contributed by atoms with Crippen LogP contribution < -0.4 is 0 Å². The van der Waals surface area contributed by atoms with E-state index in [9.17, 15) is 14.7 Å². The number of hydrogen-bond acceptors (Lipinski definition) is 5. The van der Waals surface area contributed by atoms with Crippen LogP contribution in [0.25, 0.3) is 10.9 Å². The van der Waals surface area contributed by atoms with Crippen molar-refractivity contribution in [1.29, 1.82) is 0 Å². The summed E-state index contributed by atoms with van der Waals surface area (Å²) in [6.07, 6.45) is 0. The van der Waals surface area contributed by atoms with Crippen molar-refractivity contribution in [1.82, 2.24) is 14.4 Å². The maximum absolute atomic E-state index is 13.0. The van der Waals surface area contributed by atoms with Gasteiger partial charge < -0.3 is 10.0 Å². The fraction of sp³-hybridized carbons (Fsp3) is 0.261. The van der Waals surface area contributed by atoms with Gasteiger partial charge in [0.15, 0.2) is 0 Å². The molecule has 1 aromatic heterocycles. The Morgan fingerprint density at radius 2 is 1.73 bits per heavy atom. The van der Waals surface area contributed by atoms with Crippen molar-refractivity contribution in [2.75, 3.05) is 26.2 Å². The number of rotatable bonds is 3. The predicted molar refractivity (Wildman–Crippen MR) is 114 cm³/mol. The minimum atomic E-state index is -0.168. The molecular formula is C23H22N4O3. The van der Waals surface area contributed by atoms with Crippen molar-refractivity contribution >= 4 is 34.0 Å². The van der Waals surface area contributed by atoms with Gasteiger partial charge in [-0.25, -0.2) is 4.99 Å². The number of benzene rings is 2. The second-order valence-electron chi connectivity index (χ2n) is 7.72. The first-order valence-electron chi connectivity index (χ1n) is 10.1. The Kier molecular flexibility index (Phi) is 4.40. The fourth-order valence-electron chi connectivity index (χ4n) is 4.30. The number of Topliss-reactive ketones (excluding diaryl/α,β-unsaturated/α-hetero) is 1. The van der Waals surface area contributed by atoms with Crippen molar-refractivity contribution in [3.63, 3.8) is 0 Å². The number of para-hydroxylation sites is 2. The molecule has 0 spiro atoms. The van der Waals surface area contributed by atoms with Gasteiger partial charge in [-0.05, 0) is 18.2 Å². The Labute approximate surface area is 173 Å². The molecule has 3 aromatic rings. The molecule has 1 N–H and O–H groups in total. The Balaban J connectivity index is 1.52. The molecule has 30 heavy (non-hydrogen) atoms. The topological polar surface area (TPSA) is 78.1 Å². The van der Waals surface area contributed by atoms with E-state index in [-0.39, 0.29) is 23.3 Å². The van der Waals surface area contributed by atoms with Crippen LogP contribution in [0.3, 0.4) is 0 Å². The van der Waals surface area contributed by atoms with Gasteiger partial charge in [0.1, 0.15) is 5.71 Å². The SMILES string of the molecule is CC(=O)N1CCN(Cn2c(O)c(C3=Nc4ccccc4C3=O)c3ccccc32)CC1. The zero-order chi connectivity index (χ0) is 20.8. The van der Waals surface area contributed by atoms with Gasteiger partial charge in [0, 0.05) is 44.1 Å². The quantitative estimate of drug-likeness (QED) is 0.731. The second-order valence-corrected chi connectivity index (χ2v) is 7.72. The molecule has 0 saturated carbocycles. The highest BCUT2D eigenvalue weighted by molar-refractivity contribution is 6.56. The number of aliphatic imine (C=N–C) groups is 1. The van der Waals surface area contributed by atoms with Crippen LogP contribution in [-0.2, 0) is 11.5 Å². The minimum absolute atomic E-state index is 0.0464. The Hall–Kier alpha value is -3.45. The fourth-order valence-corrected chi connectivity index (χ4v) is 4.30. The smallest absolute Gasteiger partial charge is 0.219 e. The lowest BCUT2D eigenvalue weighted by molar-refractivity contribution is -0.130. The molecule has 1 amide bonds. The van der Waals surface area contributed by atoms with Gasteiger partial charge in [-0.15, -0.1) is 0 Å². The largest absolute Gasteiger partial charge is 0.494 e. The predicted octanol–water partition coefficient (Wildman–Crippen LogP) is 2.79. The van der Waals surface area contributed by atoms with E-state index in [0.717, 1.165) is 24.0 Å². The van der Waals surface area contributed by atoms with Gasteiger partial charge in [-0.1, -0.05) is 30.3 Å². The molecular weight excluding hydrogens is 380 g/mol. The second kappa shape index (κ2) is 7.11. The molecule has 3 heterocycles. The summed E-state index contributed by atoms with van der Waals surface area (Å²) < 4.78 is 1.83. The molecule has 0 atom stereocenters. The van der Waals surface area contributed by atoms with E-state index in [4.69, 9.17) is 0 Å². The van der Waals surface area contributed by atoms with Gasteiger partial charge in [-0.2, -0.15) is 0 Å². The van der Waals surface area contributed by atoms with Crippen LogP contribution in [0.4, 0.5) is 5.69 Å². The number of aromatic nitrogens is 1. The van der Waals surface area contributed by atoms with Gasteiger partial charge in [0.2, 0.25) is 17.6 Å². The zero-order valence-corrected chi connectivity index (χ0v) is 16.7. The first-order chi connectivity index (χ1) is 14.5. The van der Waals surface area contributed by atoms with Crippen LogP contribution in [0, 0.1) is 0 Å². The Morgan fingerprint density at radius 1 is 1.03 bits per heavy atom. The number of amides is 1. The number of ketones is 1. The summed E-state index contributed by atoms with van der Waals surface area (Å²) in [6.45, 7) is 4.86. The number of hydrogen-bond donors (Lipinski definition) is 1. The maximum atomic E-state index is 13.0. The van der Waals surface area contributed by atoms with Gasteiger partial charge in [-0.3, -0.25) is 19.1 Å². The highest BCUT2D eigenvalue weighted by Gasteiger charge is 2.31. The summed E-state index contributed by atoms with van der Waals surface area (Å²) in [5.74, 6) is -0.0347. The lowest BCUT2D eigenvalue weighted by atomic mass is 10.0. The highest BCUT2D eigenvalue weighted by Crippen LogP contribution is 2.37. The van der Waals surface area contributed by atoms with E-state index in [1.807, 2.05) is 51.9 Å². The van der Waals surface area contributed by atoms with Gasteiger partial charge in [0.05, 0.1) is 23.4 Å². The van der Waals surface area contributed by atoms with Crippen molar-refractivity contribution in [2.24, 2.45) is 4.99 Å². The monoisotopic (exact) mass is 402 g/mol. The molecule has 2 aromatic carbocycles. The molecule has 152 valence electrons. The number of aromatic hydroxyl groups is 1. The summed E-state index contributed by atoms with van der Waals surface area (Å²) in [6, 6.07) is 14.9. The zero-order valence-electron chi connectivity index (χ0n) is 16.7. The average Bonchev–Trinajstić information content (AvgIpc) is 3.23. The number of piperazine rings is 1. The summed E-state index contributed by atoms with van der Waals surface area (Å²) in [5, 5.41) is 12.0. The van der Waals surface area contributed by atoms with Crippen molar-refractivity contribution in [3.8, 4) is 5.88 Å². The maximum Gasteiger partial charge on any atom is 0.219 e. The lowest BCUT2D eigenvalue weighted by Crippen LogP contribution is -2.48. The van der Waals surface area contributed by atoms with Crippen LogP contribution in [0.1, 0.15) is 22.8 Å². The standard InChI is InChI=1S/C23H22N4O3/c1-15(28)26-12-10-25(11-13-26)14-27-19-9-5-3-7-17(19)20(23(27)30)21-22(29)16-6-2-4-8-18(16)24-21/h2-9,30H,10-14H2,1H3. The summed E-state index contributed by atoms with van der Waals surface area (Å²) >= 11 is 0. The number of fused-ring (bicyclic) bond motifs is 2. The van der Waals surface area contributed by atoms with E-state index in [0.29, 0.717) is 36.6 Å².